The SMILES string of the molecule is CC(C)(C)c1nnc(SCC(=O)O)o1. The number of carboxylic acids is 1. The van der Waals surface area contributed by atoms with E-state index in [0.717, 1.165) is 11.8 Å². The summed E-state index contributed by atoms with van der Waals surface area (Å²) in [6.45, 7) is 5.85. The molecular weight excluding hydrogens is 204 g/mol. The molecular formula is C8H12N2O3S. The molecule has 1 aromatic heterocycles. The Balaban J connectivity index is 2.64. The first kappa shape index (κ1) is 11.0. The van der Waals surface area contributed by atoms with Crippen LogP contribution in [0.5, 0.6) is 0 Å². The molecule has 14 heavy (non-hydrogen) atoms. The Labute approximate surface area is 85.9 Å². The molecule has 6 heteroatoms. The molecule has 0 aromatic carbocycles. The number of thioether (sulfide) groups is 1. The van der Waals surface area contributed by atoms with Gasteiger partial charge in [0.1, 0.15) is 5.75 Å². The molecule has 0 bridgehead atoms. The minimum absolute atomic E-state index is 0.0637. The van der Waals surface area contributed by atoms with E-state index in [1.165, 1.54) is 0 Å². The quantitative estimate of drug-likeness (QED) is 0.772. The maximum atomic E-state index is 10.3. The number of rotatable bonds is 3. The normalized spacial score (nSPS) is 11.6. The fraction of sp³-hybridized carbons (Fsp3) is 0.625. The molecule has 0 spiro atoms. The van der Waals surface area contributed by atoms with Gasteiger partial charge in [-0.3, -0.25) is 4.79 Å². The fourth-order valence-electron chi connectivity index (χ4n) is 0.695. The van der Waals surface area contributed by atoms with Crippen molar-refractivity contribution < 1.29 is 14.3 Å². The van der Waals surface area contributed by atoms with Gasteiger partial charge in [0.25, 0.3) is 5.22 Å². The molecule has 0 aliphatic heterocycles. The molecule has 0 amide bonds. The van der Waals surface area contributed by atoms with Gasteiger partial charge in [-0.05, 0) is 0 Å². The van der Waals surface area contributed by atoms with E-state index >= 15 is 0 Å². The lowest BCUT2D eigenvalue weighted by Gasteiger charge is -2.10. The molecule has 0 unspecified atom stereocenters. The van der Waals surface area contributed by atoms with Crippen molar-refractivity contribution in [3.8, 4) is 0 Å². The van der Waals surface area contributed by atoms with Crippen molar-refractivity contribution in [3.05, 3.63) is 5.89 Å². The number of aliphatic carboxylic acids is 1. The molecule has 5 nitrogen and oxygen atoms in total. The third-order valence-electron chi connectivity index (χ3n) is 1.37. The van der Waals surface area contributed by atoms with Gasteiger partial charge in [0, 0.05) is 5.41 Å². The molecule has 78 valence electrons. The first-order valence-corrected chi connectivity index (χ1v) is 5.07. The van der Waals surface area contributed by atoms with Gasteiger partial charge in [-0.15, -0.1) is 10.2 Å². The molecule has 0 saturated carbocycles. The summed E-state index contributed by atoms with van der Waals surface area (Å²) in [6.07, 6.45) is 0. The van der Waals surface area contributed by atoms with Crippen LogP contribution in [0.25, 0.3) is 0 Å². The smallest absolute Gasteiger partial charge is 0.314 e. The molecule has 1 aromatic rings. The van der Waals surface area contributed by atoms with Crippen molar-refractivity contribution >= 4 is 17.7 Å². The largest absolute Gasteiger partial charge is 0.481 e. The van der Waals surface area contributed by atoms with Crippen LogP contribution in [0, 0.1) is 0 Å². The topological polar surface area (TPSA) is 76.2 Å². The monoisotopic (exact) mass is 216 g/mol. The zero-order valence-corrected chi connectivity index (χ0v) is 9.09. The Morgan fingerprint density at radius 1 is 1.50 bits per heavy atom. The number of carboxylic acid groups (broad SMARTS) is 1. The maximum Gasteiger partial charge on any atom is 0.314 e. The van der Waals surface area contributed by atoms with Crippen LogP contribution in [0.1, 0.15) is 26.7 Å². The predicted molar refractivity (Wildman–Crippen MR) is 51.4 cm³/mol. The minimum Gasteiger partial charge on any atom is -0.481 e. The van der Waals surface area contributed by atoms with Gasteiger partial charge in [0.2, 0.25) is 5.89 Å². The predicted octanol–water partition coefficient (Wildman–Crippen LogP) is 1.54. The molecule has 0 aliphatic rings. The summed E-state index contributed by atoms with van der Waals surface area (Å²) in [5.41, 5.74) is -0.199. The summed E-state index contributed by atoms with van der Waals surface area (Å²) >= 11 is 1.03. The number of carbonyl (C=O) groups is 1. The number of hydrogen-bond donors (Lipinski definition) is 1. The van der Waals surface area contributed by atoms with Crippen LogP contribution < -0.4 is 0 Å². The van der Waals surface area contributed by atoms with Crippen molar-refractivity contribution in [2.75, 3.05) is 5.75 Å². The van der Waals surface area contributed by atoms with Gasteiger partial charge in [-0.2, -0.15) is 0 Å². The molecule has 0 atom stereocenters. The lowest BCUT2D eigenvalue weighted by Crippen LogP contribution is -2.11. The van der Waals surface area contributed by atoms with Gasteiger partial charge < -0.3 is 9.52 Å². The van der Waals surface area contributed by atoms with Crippen molar-refractivity contribution in [1.82, 2.24) is 10.2 Å². The van der Waals surface area contributed by atoms with E-state index in [1.54, 1.807) is 0 Å². The Hall–Kier alpha value is -1.04. The average molecular weight is 216 g/mol. The van der Waals surface area contributed by atoms with Gasteiger partial charge in [0.15, 0.2) is 0 Å². The van der Waals surface area contributed by atoms with Crippen LogP contribution >= 0.6 is 11.8 Å². The van der Waals surface area contributed by atoms with E-state index in [0.29, 0.717) is 11.1 Å². The highest BCUT2D eigenvalue weighted by molar-refractivity contribution is 7.99. The molecule has 0 aliphatic carbocycles. The lowest BCUT2D eigenvalue weighted by atomic mass is 9.97. The summed E-state index contributed by atoms with van der Waals surface area (Å²) in [5, 5.41) is 16.3. The van der Waals surface area contributed by atoms with E-state index in [2.05, 4.69) is 10.2 Å². The lowest BCUT2D eigenvalue weighted by molar-refractivity contribution is -0.133. The van der Waals surface area contributed by atoms with Crippen LogP contribution in [0.4, 0.5) is 0 Å². The zero-order valence-electron chi connectivity index (χ0n) is 8.27. The Morgan fingerprint density at radius 2 is 2.14 bits per heavy atom. The van der Waals surface area contributed by atoms with Crippen LogP contribution in [0.3, 0.4) is 0 Å². The Morgan fingerprint density at radius 3 is 2.57 bits per heavy atom. The molecule has 1 N–H and O–H groups in total. The second kappa shape index (κ2) is 4.00. The van der Waals surface area contributed by atoms with Crippen LogP contribution in [-0.2, 0) is 10.2 Å². The van der Waals surface area contributed by atoms with Gasteiger partial charge in [0.05, 0.1) is 0 Å². The molecule has 0 radical (unpaired) electrons. The average Bonchev–Trinajstić information content (AvgIpc) is 2.47. The van der Waals surface area contributed by atoms with Crippen LogP contribution in [-0.4, -0.2) is 27.0 Å². The van der Waals surface area contributed by atoms with Gasteiger partial charge in [-0.1, -0.05) is 32.5 Å². The van der Waals surface area contributed by atoms with E-state index in [4.69, 9.17) is 9.52 Å². The Kier molecular flexibility index (Phi) is 3.15. The van der Waals surface area contributed by atoms with E-state index < -0.39 is 5.97 Å². The fourth-order valence-corrected chi connectivity index (χ4v) is 1.18. The number of nitrogens with zero attached hydrogens (tertiary/aromatic N) is 2. The molecule has 0 fully saturated rings. The summed E-state index contributed by atoms with van der Waals surface area (Å²) in [4.78, 5) is 10.3. The standard InChI is InChI=1S/C8H12N2O3S/c1-8(2,3)6-9-10-7(13-6)14-4-5(11)12/h4H2,1-3H3,(H,11,12). The van der Waals surface area contributed by atoms with Gasteiger partial charge in [-0.25, -0.2) is 0 Å². The summed E-state index contributed by atoms with van der Waals surface area (Å²) < 4.78 is 5.28. The molecule has 1 rings (SSSR count). The van der Waals surface area contributed by atoms with Crippen molar-refractivity contribution in [2.24, 2.45) is 0 Å². The highest BCUT2D eigenvalue weighted by Crippen LogP contribution is 2.24. The summed E-state index contributed by atoms with van der Waals surface area (Å²) in [7, 11) is 0. The van der Waals surface area contributed by atoms with Crippen LogP contribution in [0.2, 0.25) is 0 Å². The van der Waals surface area contributed by atoms with Crippen molar-refractivity contribution in [2.45, 2.75) is 31.4 Å². The highest BCUT2D eigenvalue weighted by Gasteiger charge is 2.21. The van der Waals surface area contributed by atoms with E-state index in [9.17, 15) is 4.79 Å². The van der Waals surface area contributed by atoms with Crippen molar-refractivity contribution in [3.63, 3.8) is 0 Å². The van der Waals surface area contributed by atoms with E-state index in [1.807, 2.05) is 20.8 Å². The second-order valence-electron chi connectivity index (χ2n) is 3.81. The van der Waals surface area contributed by atoms with E-state index in [-0.39, 0.29) is 11.2 Å². The second-order valence-corrected chi connectivity index (χ2v) is 4.73. The third kappa shape index (κ3) is 3.02. The molecule has 1 heterocycles. The first-order chi connectivity index (χ1) is 6.39. The van der Waals surface area contributed by atoms with Crippen molar-refractivity contribution in [1.29, 1.82) is 0 Å². The first-order valence-electron chi connectivity index (χ1n) is 4.08. The highest BCUT2D eigenvalue weighted by atomic mass is 32.2. The number of hydrogen-bond acceptors (Lipinski definition) is 5. The van der Waals surface area contributed by atoms with Crippen LogP contribution in [0.15, 0.2) is 9.64 Å². The minimum atomic E-state index is -0.898. The third-order valence-corrected chi connectivity index (χ3v) is 2.17. The summed E-state index contributed by atoms with van der Waals surface area (Å²) in [6, 6.07) is 0. The maximum absolute atomic E-state index is 10.3. The Bertz CT molecular complexity index is 330. The molecule has 0 saturated heterocycles. The summed E-state index contributed by atoms with van der Waals surface area (Å²) in [5.74, 6) is -0.443. The number of aromatic nitrogens is 2. The zero-order chi connectivity index (χ0) is 10.8. The van der Waals surface area contributed by atoms with Gasteiger partial charge >= 0.3 is 5.97 Å².